The van der Waals surface area contributed by atoms with Crippen molar-refractivity contribution < 1.29 is 18.8 Å². The smallest absolute Gasteiger partial charge is 0.493 e. The summed E-state index contributed by atoms with van der Waals surface area (Å²) in [7, 11) is 1.28. The molecule has 1 aromatic carbocycles. The summed E-state index contributed by atoms with van der Waals surface area (Å²) in [6.45, 7) is 8.24. The van der Waals surface area contributed by atoms with Gasteiger partial charge in [-0.25, -0.2) is 0 Å². The third kappa shape index (κ3) is 3.35. The molecule has 6 heteroatoms. The van der Waals surface area contributed by atoms with Crippen LogP contribution in [0.3, 0.4) is 0 Å². The number of methoxy groups -OCH3 is 1. The van der Waals surface area contributed by atoms with Crippen LogP contribution in [-0.4, -0.2) is 43.0 Å². The number of rotatable bonds is 4. The summed E-state index contributed by atoms with van der Waals surface area (Å²) in [5.74, 6) is 3.71. The molecule has 0 amide bonds. The zero-order chi connectivity index (χ0) is 16.7. The van der Waals surface area contributed by atoms with Gasteiger partial charge in [-0.3, -0.25) is 0 Å². The van der Waals surface area contributed by atoms with Crippen molar-refractivity contribution in [3.63, 3.8) is 0 Å². The Labute approximate surface area is 143 Å². The van der Waals surface area contributed by atoms with Crippen LogP contribution in [0.25, 0.3) is 0 Å². The van der Waals surface area contributed by atoms with Crippen molar-refractivity contribution in [1.82, 2.24) is 0 Å². The molecule has 1 atom stereocenters. The van der Waals surface area contributed by atoms with Gasteiger partial charge in [0.05, 0.1) is 18.3 Å². The Morgan fingerprint density at radius 1 is 1.13 bits per heavy atom. The number of ether oxygens (including phenoxy) is 2. The molecule has 2 aliphatic rings. The summed E-state index contributed by atoms with van der Waals surface area (Å²) in [5, 5.41) is 0. The molecule has 0 N–H and O–H groups in total. The summed E-state index contributed by atoms with van der Waals surface area (Å²) in [4.78, 5) is 0. The maximum atomic E-state index is 6.14. The number of hydrogen-bond donors (Lipinski definition) is 0. The van der Waals surface area contributed by atoms with Gasteiger partial charge in [-0.15, -0.1) is 0 Å². The van der Waals surface area contributed by atoms with Crippen molar-refractivity contribution in [2.24, 2.45) is 0 Å². The first kappa shape index (κ1) is 17.0. The van der Waals surface area contributed by atoms with Crippen molar-refractivity contribution in [2.75, 3.05) is 18.6 Å². The Balaban J connectivity index is 1.83. The highest BCUT2D eigenvalue weighted by Gasteiger charge is 2.51. The summed E-state index contributed by atoms with van der Waals surface area (Å²) in [6, 6.07) is 5.90. The quantitative estimate of drug-likeness (QED) is 0.791. The standard InChI is InChI=1S/C17H25BO4S/c1-16(2)17(3,4)22-18(21-16)12-6-7-14(19-5)15(10-12)20-13-8-9-23-11-13/h6-7,10,13H,8-9,11H2,1-5H3. The highest BCUT2D eigenvalue weighted by molar-refractivity contribution is 7.99. The second-order valence-corrected chi connectivity index (χ2v) is 8.25. The largest absolute Gasteiger partial charge is 0.494 e. The molecule has 4 nitrogen and oxygen atoms in total. The lowest BCUT2D eigenvalue weighted by Crippen LogP contribution is -2.41. The molecule has 2 heterocycles. The van der Waals surface area contributed by atoms with Crippen LogP contribution in [0.15, 0.2) is 18.2 Å². The average Bonchev–Trinajstić information content (AvgIpc) is 3.05. The normalized spacial score (nSPS) is 25.6. The molecule has 0 aromatic heterocycles. The molecule has 3 rings (SSSR count). The van der Waals surface area contributed by atoms with Crippen molar-refractivity contribution >= 4 is 24.3 Å². The monoisotopic (exact) mass is 336 g/mol. The fourth-order valence-corrected chi connectivity index (χ4v) is 3.79. The van der Waals surface area contributed by atoms with Gasteiger partial charge in [0.25, 0.3) is 0 Å². The summed E-state index contributed by atoms with van der Waals surface area (Å²) in [6.07, 6.45) is 1.33. The van der Waals surface area contributed by atoms with Gasteiger partial charge in [0.15, 0.2) is 11.5 Å². The zero-order valence-corrected chi connectivity index (χ0v) is 15.4. The second-order valence-electron chi connectivity index (χ2n) is 7.10. The van der Waals surface area contributed by atoms with E-state index in [1.807, 2.05) is 30.0 Å². The van der Waals surface area contributed by atoms with Crippen LogP contribution in [0.4, 0.5) is 0 Å². The van der Waals surface area contributed by atoms with E-state index < -0.39 is 0 Å². The predicted octanol–water partition coefficient (Wildman–Crippen LogP) is 2.88. The second kappa shape index (κ2) is 6.23. The average molecular weight is 336 g/mol. The molecular weight excluding hydrogens is 311 g/mol. The van der Waals surface area contributed by atoms with Crippen LogP contribution in [0.1, 0.15) is 34.1 Å². The molecule has 0 saturated carbocycles. The fraction of sp³-hybridized carbons (Fsp3) is 0.647. The van der Waals surface area contributed by atoms with E-state index in [1.165, 1.54) is 0 Å². The Kier molecular flexibility index (Phi) is 4.60. The lowest BCUT2D eigenvalue weighted by atomic mass is 9.79. The van der Waals surface area contributed by atoms with Crippen LogP contribution in [0.5, 0.6) is 11.5 Å². The van der Waals surface area contributed by atoms with Gasteiger partial charge in [-0.2, -0.15) is 11.8 Å². The third-order valence-electron chi connectivity index (χ3n) is 4.89. The molecule has 0 bridgehead atoms. The van der Waals surface area contributed by atoms with Gasteiger partial charge in [0, 0.05) is 5.75 Å². The Hall–Kier alpha value is -0.845. The first-order valence-corrected chi connectivity index (χ1v) is 9.26. The lowest BCUT2D eigenvalue weighted by molar-refractivity contribution is 0.00578. The van der Waals surface area contributed by atoms with Crippen LogP contribution in [0, 0.1) is 0 Å². The molecular formula is C17H25BO4S. The van der Waals surface area contributed by atoms with Crippen LogP contribution < -0.4 is 14.9 Å². The number of benzene rings is 1. The molecule has 2 aliphatic heterocycles. The van der Waals surface area contributed by atoms with E-state index in [4.69, 9.17) is 18.8 Å². The van der Waals surface area contributed by atoms with Gasteiger partial charge in [-0.1, -0.05) is 6.07 Å². The lowest BCUT2D eigenvalue weighted by Gasteiger charge is -2.32. The highest BCUT2D eigenvalue weighted by atomic mass is 32.2. The van der Waals surface area contributed by atoms with Crippen molar-refractivity contribution in [3.8, 4) is 11.5 Å². The highest BCUT2D eigenvalue weighted by Crippen LogP contribution is 2.37. The summed E-state index contributed by atoms with van der Waals surface area (Å²) < 4.78 is 23.8. The van der Waals surface area contributed by atoms with E-state index in [1.54, 1.807) is 7.11 Å². The van der Waals surface area contributed by atoms with Crippen molar-refractivity contribution in [2.45, 2.75) is 51.4 Å². The van der Waals surface area contributed by atoms with E-state index in [0.29, 0.717) is 0 Å². The molecule has 23 heavy (non-hydrogen) atoms. The Morgan fingerprint density at radius 2 is 1.83 bits per heavy atom. The van der Waals surface area contributed by atoms with E-state index in [-0.39, 0.29) is 24.4 Å². The minimum absolute atomic E-state index is 0.252. The number of hydrogen-bond acceptors (Lipinski definition) is 5. The third-order valence-corrected chi connectivity index (χ3v) is 6.03. The molecule has 2 fully saturated rings. The Bertz CT molecular complexity index is 554. The van der Waals surface area contributed by atoms with Gasteiger partial charge >= 0.3 is 7.12 Å². The van der Waals surface area contributed by atoms with Crippen LogP contribution in [-0.2, 0) is 9.31 Å². The maximum Gasteiger partial charge on any atom is 0.494 e. The maximum absolute atomic E-state index is 6.14. The van der Waals surface area contributed by atoms with Gasteiger partial charge in [0.1, 0.15) is 6.10 Å². The minimum atomic E-state index is -0.383. The number of thioether (sulfide) groups is 1. The predicted molar refractivity (Wildman–Crippen MR) is 95.1 cm³/mol. The first-order valence-electron chi connectivity index (χ1n) is 8.10. The molecule has 126 valence electrons. The van der Waals surface area contributed by atoms with Crippen LogP contribution in [0.2, 0.25) is 0 Å². The van der Waals surface area contributed by atoms with E-state index in [2.05, 4.69) is 27.7 Å². The first-order chi connectivity index (χ1) is 10.8. The van der Waals surface area contributed by atoms with Crippen LogP contribution >= 0.6 is 11.8 Å². The molecule has 1 aromatic rings. The SMILES string of the molecule is COc1ccc(B2OC(C)(C)C(C)(C)O2)cc1OC1CCSC1. The molecule has 1 unspecified atom stereocenters. The Morgan fingerprint density at radius 3 is 2.39 bits per heavy atom. The van der Waals surface area contributed by atoms with Gasteiger partial charge in [-0.05, 0) is 57.5 Å². The molecule has 0 spiro atoms. The summed E-state index contributed by atoms with van der Waals surface area (Å²) >= 11 is 1.93. The van der Waals surface area contributed by atoms with E-state index in [0.717, 1.165) is 34.9 Å². The molecule has 2 saturated heterocycles. The topological polar surface area (TPSA) is 36.9 Å². The molecule has 0 aliphatic carbocycles. The zero-order valence-electron chi connectivity index (χ0n) is 14.5. The van der Waals surface area contributed by atoms with E-state index in [9.17, 15) is 0 Å². The fourth-order valence-electron chi connectivity index (χ4n) is 2.70. The van der Waals surface area contributed by atoms with E-state index >= 15 is 0 Å². The van der Waals surface area contributed by atoms with Gasteiger partial charge < -0.3 is 18.8 Å². The summed E-state index contributed by atoms with van der Waals surface area (Å²) in [5.41, 5.74) is 0.270. The molecule has 0 radical (unpaired) electrons. The minimum Gasteiger partial charge on any atom is -0.493 e. The van der Waals surface area contributed by atoms with Crippen molar-refractivity contribution in [1.29, 1.82) is 0 Å². The van der Waals surface area contributed by atoms with Crippen molar-refractivity contribution in [3.05, 3.63) is 18.2 Å². The van der Waals surface area contributed by atoms with Gasteiger partial charge in [0.2, 0.25) is 0 Å².